The van der Waals surface area contributed by atoms with Crippen LogP contribution in [0.2, 0.25) is 0 Å². The fraction of sp³-hybridized carbons (Fsp3) is 0.231. The number of nitrogen functional groups attached to an aromatic ring is 1. The molecule has 1 aromatic heterocycles. The van der Waals surface area contributed by atoms with Crippen molar-refractivity contribution in [2.75, 3.05) is 5.73 Å². The van der Waals surface area contributed by atoms with Crippen molar-refractivity contribution in [3.8, 4) is 0 Å². The molecular weight excluding hydrogens is 440 g/mol. The molecule has 0 amide bonds. The van der Waals surface area contributed by atoms with Crippen molar-refractivity contribution in [2.24, 2.45) is 0 Å². The van der Waals surface area contributed by atoms with E-state index >= 15 is 0 Å². The molecule has 21 heavy (non-hydrogen) atoms. The average molecular weight is 454 g/mol. The zero-order valence-electron chi connectivity index (χ0n) is 11.1. The molecule has 2 aromatic rings. The van der Waals surface area contributed by atoms with Crippen molar-refractivity contribution in [2.45, 2.75) is 24.3 Å². The summed E-state index contributed by atoms with van der Waals surface area (Å²) >= 11 is 8.07. The quantitative estimate of drug-likeness (QED) is 0.663. The Morgan fingerprint density at radius 1 is 1.33 bits per heavy atom. The number of hydrogen-bond donors (Lipinski definition) is 2. The van der Waals surface area contributed by atoms with Gasteiger partial charge in [-0.25, -0.2) is 13.1 Å². The van der Waals surface area contributed by atoms with Gasteiger partial charge in [0, 0.05) is 19.5 Å². The zero-order chi connectivity index (χ0) is 15.6. The topological polar surface area (TPSA) is 72.2 Å². The Kier molecular flexibility index (Phi) is 5.48. The highest BCUT2D eigenvalue weighted by molar-refractivity contribution is 9.11. The largest absolute Gasteiger partial charge is 0.399 e. The fourth-order valence-electron chi connectivity index (χ4n) is 1.91. The molecule has 1 heterocycles. The summed E-state index contributed by atoms with van der Waals surface area (Å²) in [4.78, 5) is 1.15. The van der Waals surface area contributed by atoms with Crippen LogP contribution in [0.3, 0.4) is 0 Å². The van der Waals surface area contributed by atoms with E-state index in [-0.39, 0.29) is 10.9 Å². The van der Waals surface area contributed by atoms with Crippen LogP contribution >= 0.6 is 43.2 Å². The number of anilines is 1. The first-order valence-electron chi connectivity index (χ1n) is 6.15. The van der Waals surface area contributed by atoms with Crippen LogP contribution in [-0.2, 0) is 10.0 Å². The molecule has 4 nitrogen and oxygen atoms in total. The van der Waals surface area contributed by atoms with Crippen molar-refractivity contribution in [1.29, 1.82) is 0 Å². The molecule has 0 fully saturated rings. The van der Waals surface area contributed by atoms with E-state index in [2.05, 4.69) is 36.6 Å². The lowest BCUT2D eigenvalue weighted by Gasteiger charge is -2.17. The smallest absolute Gasteiger partial charge is 0.243 e. The Morgan fingerprint density at radius 3 is 2.43 bits per heavy atom. The molecule has 114 valence electrons. The Morgan fingerprint density at radius 2 is 1.95 bits per heavy atom. The molecule has 0 aliphatic carbocycles. The number of hydrogen-bond acceptors (Lipinski definition) is 4. The molecular formula is C13H14Br2N2O2S2. The normalized spacial score (nSPS) is 13.3. The predicted octanol–water partition coefficient (Wildman–Crippen LogP) is 4.28. The molecule has 1 atom stereocenters. The second-order valence-electron chi connectivity index (χ2n) is 4.41. The Bertz CT molecular complexity index is 708. The fourth-order valence-corrected chi connectivity index (χ4v) is 6.77. The second-order valence-corrected chi connectivity index (χ2v) is 8.75. The van der Waals surface area contributed by atoms with Gasteiger partial charge >= 0.3 is 0 Å². The van der Waals surface area contributed by atoms with E-state index < -0.39 is 10.0 Å². The minimum Gasteiger partial charge on any atom is -0.399 e. The number of thiophene rings is 1. The summed E-state index contributed by atoms with van der Waals surface area (Å²) < 4.78 is 28.9. The standard InChI is InChI=1S/C13H14Br2N2O2S2/c1-2-11(12-4-3-5-20-12)17-21(18,19)13-9(14)6-8(16)7-10(13)15/h3-7,11,17H,2,16H2,1H3. The highest BCUT2D eigenvalue weighted by atomic mass is 79.9. The minimum atomic E-state index is -3.67. The van der Waals surface area contributed by atoms with Gasteiger partial charge in [-0.1, -0.05) is 13.0 Å². The van der Waals surface area contributed by atoms with Gasteiger partial charge in [-0.2, -0.15) is 0 Å². The van der Waals surface area contributed by atoms with Gasteiger partial charge in [-0.3, -0.25) is 0 Å². The maximum atomic E-state index is 12.6. The second kappa shape index (κ2) is 6.78. The zero-order valence-corrected chi connectivity index (χ0v) is 15.9. The summed E-state index contributed by atoms with van der Waals surface area (Å²) in [6.07, 6.45) is 0.671. The van der Waals surface area contributed by atoms with E-state index in [9.17, 15) is 8.42 Å². The summed E-state index contributed by atoms with van der Waals surface area (Å²) in [5, 5.41) is 1.93. The van der Waals surface area contributed by atoms with Gasteiger partial charge in [-0.05, 0) is 61.9 Å². The Balaban J connectivity index is 2.39. The van der Waals surface area contributed by atoms with Crippen molar-refractivity contribution in [1.82, 2.24) is 4.72 Å². The molecule has 1 unspecified atom stereocenters. The molecule has 2 rings (SSSR count). The summed E-state index contributed by atoms with van der Waals surface area (Å²) in [7, 11) is -3.67. The molecule has 0 spiro atoms. The lowest BCUT2D eigenvalue weighted by atomic mass is 10.2. The summed E-state index contributed by atoms with van der Waals surface area (Å²) in [5.41, 5.74) is 6.19. The van der Waals surface area contributed by atoms with Crippen LogP contribution in [0, 0.1) is 0 Å². The van der Waals surface area contributed by atoms with Crippen molar-refractivity contribution >= 4 is 58.9 Å². The third kappa shape index (κ3) is 3.87. The van der Waals surface area contributed by atoms with Crippen LogP contribution < -0.4 is 10.5 Å². The molecule has 0 aliphatic heterocycles. The van der Waals surface area contributed by atoms with Crippen LogP contribution in [0.15, 0.2) is 43.5 Å². The summed E-state index contributed by atoms with van der Waals surface area (Å²) in [6, 6.07) is 6.74. The number of rotatable bonds is 5. The van der Waals surface area contributed by atoms with E-state index in [1.807, 2.05) is 24.4 Å². The number of halogens is 2. The average Bonchev–Trinajstić information content (AvgIpc) is 2.87. The molecule has 0 radical (unpaired) electrons. The van der Waals surface area contributed by atoms with Gasteiger partial charge in [-0.15, -0.1) is 11.3 Å². The first-order chi connectivity index (χ1) is 9.85. The van der Waals surface area contributed by atoms with Crippen LogP contribution in [0.1, 0.15) is 24.3 Å². The van der Waals surface area contributed by atoms with Gasteiger partial charge in [0.05, 0.1) is 6.04 Å². The van der Waals surface area contributed by atoms with E-state index in [1.54, 1.807) is 12.1 Å². The highest BCUT2D eigenvalue weighted by Crippen LogP contribution is 2.34. The predicted molar refractivity (Wildman–Crippen MR) is 93.9 cm³/mol. The van der Waals surface area contributed by atoms with E-state index in [0.29, 0.717) is 21.1 Å². The molecule has 0 saturated heterocycles. The lowest BCUT2D eigenvalue weighted by molar-refractivity contribution is 0.552. The van der Waals surface area contributed by atoms with Crippen LogP contribution in [-0.4, -0.2) is 8.42 Å². The Hall–Kier alpha value is -0.410. The third-order valence-corrected chi connectivity index (χ3v) is 7.22. The molecule has 0 bridgehead atoms. The third-order valence-electron chi connectivity index (χ3n) is 2.88. The monoisotopic (exact) mass is 452 g/mol. The first kappa shape index (κ1) is 17.0. The Labute approximate surface area is 145 Å². The maximum absolute atomic E-state index is 12.6. The maximum Gasteiger partial charge on any atom is 0.243 e. The molecule has 0 saturated carbocycles. The summed E-state index contributed by atoms with van der Waals surface area (Å²) in [6.45, 7) is 1.94. The van der Waals surface area contributed by atoms with E-state index in [1.165, 1.54) is 11.3 Å². The molecule has 3 N–H and O–H groups in total. The van der Waals surface area contributed by atoms with Crippen molar-refractivity contribution in [3.63, 3.8) is 0 Å². The van der Waals surface area contributed by atoms with Gasteiger partial charge in [0.15, 0.2) is 0 Å². The minimum absolute atomic E-state index is 0.159. The SMILES string of the molecule is CCC(NS(=O)(=O)c1c(Br)cc(N)cc1Br)c1cccs1. The number of nitrogens with two attached hydrogens (primary N) is 1. The molecule has 0 aliphatic rings. The van der Waals surface area contributed by atoms with Crippen molar-refractivity contribution < 1.29 is 8.42 Å². The van der Waals surface area contributed by atoms with Crippen LogP contribution in [0.25, 0.3) is 0 Å². The summed E-state index contributed by atoms with van der Waals surface area (Å²) in [5.74, 6) is 0. The van der Waals surface area contributed by atoms with Gasteiger partial charge in [0.25, 0.3) is 0 Å². The van der Waals surface area contributed by atoms with Gasteiger partial charge in [0.1, 0.15) is 4.90 Å². The number of sulfonamides is 1. The van der Waals surface area contributed by atoms with E-state index in [0.717, 1.165) is 4.88 Å². The van der Waals surface area contributed by atoms with Crippen molar-refractivity contribution in [3.05, 3.63) is 43.5 Å². The highest BCUT2D eigenvalue weighted by Gasteiger charge is 2.25. The van der Waals surface area contributed by atoms with Gasteiger partial charge in [0.2, 0.25) is 10.0 Å². The van der Waals surface area contributed by atoms with Gasteiger partial charge < -0.3 is 5.73 Å². The van der Waals surface area contributed by atoms with Crippen LogP contribution in [0.5, 0.6) is 0 Å². The number of nitrogens with one attached hydrogen (secondary N) is 1. The molecule has 1 aromatic carbocycles. The van der Waals surface area contributed by atoms with E-state index in [4.69, 9.17) is 5.73 Å². The van der Waals surface area contributed by atoms with Crippen LogP contribution in [0.4, 0.5) is 5.69 Å². The number of benzene rings is 1. The first-order valence-corrected chi connectivity index (χ1v) is 10.1. The lowest BCUT2D eigenvalue weighted by Crippen LogP contribution is -2.28. The molecule has 8 heteroatoms.